The predicted octanol–water partition coefficient (Wildman–Crippen LogP) is 0.122. The van der Waals surface area contributed by atoms with Crippen LogP contribution in [0.2, 0.25) is 0 Å². The molecule has 1 rings (SSSR count). The lowest BCUT2D eigenvalue weighted by Crippen LogP contribution is -2.58. The summed E-state index contributed by atoms with van der Waals surface area (Å²) in [5.41, 5.74) is -1.31. The number of carboxylic acids is 1. The number of amides is 2. The third-order valence-electron chi connectivity index (χ3n) is 2.78. The van der Waals surface area contributed by atoms with Crippen LogP contribution in [0.25, 0.3) is 0 Å². The van der Waals surface area contributed by atoms with Gasteiger partial charge in [0, 0.05) is 19.6 Å². The molecule has 1 heterocycles. The Labute approximate surface area is 112 Å². The van der Waals surface area contributed by atoms with Crippen molar-refractivity contribution in [1.82, 2.24) is 10.6 Å². The Morgan fingerprint density at radius 3 is 2.84 bits per heavy atom. The van der Waals surface area contributed by atoms with Gasteiger partial charge in [-0.05, 0) is 6.42 Å². The van der Waals surface area contributed by atoms with Crippen LogP contribution in [0.1, 0.15) is 12.8 Å². The first-order chi connectivity index (χ1) is 9.10. The van der Waals surface area contributed by atoms with E-state index in [-0.39, 0.29) is 13.0 Å². The number of hydrogen-bond donors (Lipinski definition) is 3. The Morgan fingerprint density at radius 1 is 1.47 bits per heavy atom. The SMILES string of the molecule is C=CCCOCCNC(=O)NC1(C(=O)O)CCOC1. The lowest BCUT2D eigenvalue weighted by Gasteiger charge is -2.23. The van der Waals surface area contributed by atoms with Crippen molar-refractivity contribution in [2.75, 3.05) is 33.0 Å². The van der Waals surface area contributed by atoms with Crippen molar-refractivity contribution in [3.05, 3.63) is 12.7 Å². The maximum absolute atomic E-state index is 11.6. The van der Waals surface area contributed by atoms with Crippen molar-refractivity contribution < 1.29 is 24.2 Å². The van der Waals surface area contributed by atoms with E-state index < -0.39 is 17.5 Å². The van der Waals surface area contributed by atoms with Gasteiger partial charge in [-0.25, -0.2) is 9.59 Å². The number of ether oxygens (including phenoxy) is 2. The zero-order valence-electron chi connectivity index (χ0n) is 10.8. The summed E-state index contributed by atoms with van der Waals surface area (Å²) in [5, 5.41) is 14.1. The molecule has 0 aromatic rings. The first kappa shape index (κ1) is 15.5. The van der Waals surface area contributed by atoms with E-state index in [1.165, 1.54) is 0 Å². The van der Waals surface area contributed by atoms with Crippen molar-refractivity contribution in [2.24, 2.45) is 0 Å². The second-order valence-electron chi connectivity index (χ2n) is 4.26. The molecule has 0 bridgehead atoms. The molecular formula is C12H20N2O5. The van der Waals surface area contributed by atoms with Gasteiger partial charge in [-0.15, -0.1) is 6.58 Å². The summed E-state index contributed by atoms with van der Waals surface area (Å²) in [4.78, 5) is 22.7. The normalized spacial score (nSPS) is 21.9. The van der Waals surface area contributed by atoms with Gasteiger partial charge in [-0.3, -0.25) is 0 Å². The molecule has 1 atom stereocenters. The number of aliphatic carboxylic acids is 1. The van der Waals surface area contributed by atoms with Crippen LogP contribution in [-0.2, 0) is 14.3 Å². The lowest BCUT2D eigenvalue weighted by atomic mass is 9.99. The van der Waals surface area contributed by atoms with Crippen LogP contribution in [0, 0.1) is 0 Å². The van der Waals surface area contributed by atoms with E-state index in [0.717, 1.165) is 6.42 Å². The molecule has 1 aliphatic rings. The first-order valence-electron chi connectivity index (χ1n) is 6.16. The lowest BCUT2D eigenvalue weighted by molar-refractivity contribution is -0.144. The van der Waals surface area contributed by atoms with Gasteiger partial charge < -0.3 is 25.2 Å². The summed E-state index contributed by atoms with van der Waals surface area (Å²) in [6, 6.07) is -0.528. The Balaban J connectivity index is 2.22. The molecule has 7 heteroatoms. The number of rotatable bonds is 8. The molecule has 19 heavy (non-hydrogen) atoms. The molecule has 1 aliphatic heterocycles. The Hall–Kier alpha value is -1.60. The van der Waals surface area contributed by atoms with Crippen molar-refractivity contribution in [2.45, 2.75) is 18.4 Å². The summed E-state index contributed by atoms with van der Waals surface area (Å²) in [6.07, 6.45) is 2.77. The fraction of sp³-hybridized carbons (Fsp3) is 0.667. The van der Waals surface area contributed by atoms with Gasteiger partial charge in [0.2, 0.25) is 0 Å². The van der Waals surface area contributed by atoms with E-state index in [1.54, 1.807) is 6.08 Å². The molecule has 3 N–H and O–H groups in total. The summed E-state index contributed by atoms with van der Waals surface area (Å²) in [6.45, 7) is 5.13. The van der Waals surface area contributed by atoms with Gasteiger partial charge in [0.1, 0.15) is 0 Å². The maximum atomic E-state index is 11.6. The largest absolute Gasteiger partial charge is 0.479 e. The third kappa shape index (κ3) is 4.88. The van der Waals surface area contributed by atoms with Gasteiger partial charge in [0.05, 0.1) is 19.8 Å². The highest BCUT2D eigenvalue weighted by molar-refractivity contribution is 5.86. The van der Waals surface area contributed by atoms with Crippen LogP contribution in [0.4, 0.5) is 4.79 Å². The molecule has 0 aromatic heterocycles. The van der Waals surface area contributed by atoms with Crippen molar-refractivity contribution in [1.29, 1.82) is 0 Å². The smallest absolute Gasteiger partial charge is 0.332 e. The molecule has 1 unspecified atom stereocenters. The van der Waals surface area contributed by atoms with Crippen LogP contribution in [0.5, 0.6) is 0 Å². The zero-order valence-corrected chi connectivity index (χ0v) is 10.8. The molecule has 0 aliphatic carbocycles. The monoisotopic (exact) mass is 272 g/mol. The summed E-state index contributed by atoms with van der Waals surface area (Å²) < 4.78 is 10.2. The van der Waals surface area contributed by atoms with Gasteiger partial charge in [-0.2, -0.15) is 0 Å². The van der Waals surface area contributed by atoms with Crippen LogP contribution >= 0.6 is 0 Å². The Bertz CT molecular complexity index is 326. The van der Waals surface area contributed by atoms with Gasteiger partial charge in [-0.1, -0.05) is 6.08 Å². The van der Waals surface area contributed by atoms with E-state index >= 15 is 0 Å². The quantitative estimate of drug-likeness (QED) is 0.431. The molecule has 2 amide bonds. The molecular weight excluding hydrogens is 252 g/mol. The highest BCUT2D eigenvalue weighted by Crippen LogP contribution is 2.18. The van der Waals surface area contributed by atoms with E-state index in [0.29, 0.717) is 26.4 Å². The van der Waals surface area contributed by atoms with E-state index in [4.69, 9.17) is 14.6 Å². The number of carbonyl (C=O) groups excluding carboxylic acids is 1. The minimum Gasteiger partial charge on any atom is -0.479 e. The fourth-order valence-electron chi connectivity index (χ4n) is 1.65. The van der Waals surface area contributed by atoms with Crippen molar-refractivity contribution in [3.63, 3.8) is 0 Å². The number of hydrogen-bond acceptors (Lipinski definition) is 4. The van der Waals surface area contributed by atoms with Crippen molar-refractivity contribution in [3.8, 4) is 0 Å². The summed E-state index contributed by atoms with van der Waals surface area (Å²) >= 11 is 0. The second-order valence-corrected chi connectivity index (χ2v) is 4.26. The molecule has 0 saturated carbocycles. The first-order valence-corrected chi connectivity index (χ1v) is 6.16. The fourth-order valence-corrected chi connectivity index (χ4v) is 1.65. The summed E-state index contributed by atoms with van der Waals surface area (Å²) in [5.74, 6) is -1.08. The van der Waals surface area contributed by atoms with Crippen molar-refractivity contribution >= 4 is 12.0 Å². The molecule has 0 aromatic carbocycles. The van der Waals surface area contributed by atoms with Gasteiger partial charge in [0.25, 0.3) is 0 Å². The summed E-state index contributed by atoms with van der Waals surface area (Å²) in [7, 11) is 0. The van der Waals surface area contributed by atoms with Crippen LogP contribution in [-0.4, -0.2) is 55.6 Å². The van der Waals surface area contributed by atoms with Crippen LogP contribution in [0.3, 0.4) is 0 Å². The Morgan fingerprint density at radius 2 is 2.26 bits per heavy atom. The minimum atomic E-state index is -1.31. The average Bonchev–Trinajstić information content (AvgIpc) is 2.83. The predicted molar refractivity (Wildman–Crippen MR) is 68.0 cm³/mol. The third-order valence-corrected chi connectivity index (χ3v) is 2.78. The molecule has 7 nitrogen and oxygen atoms in total. The number of urea groups is 1. The molecule has 108 valence electrons. The van der Waals surface area contributed by atoms with E-state index in [2.05, 4.69) is 17.2 Å². The topological polar surface area (TPSA) is 96.9 Å². The second kappa shape index (κ2) is 7.75. The number of carboxylic acid groups (broad SMARTS) is 1. The van der Waals surface area contributed by atoms with Gasteiger partial charge in [0.15, 0.2) is 5.54 Å². The van der Waals surface area contributed by atoms with E-state index in [1.807, 2.05) is 0 Å². The van der Waals surface area contributed by atoms with E-state index in [9.17, 15) is 9.59 Å². The minimum absolute atomic E-state index is 0.00835. The molecule has 0 radical (unpaired) electrons. The average molecular weight is 272 g/mol. The zero-order chi connectivity index (χ0) is 14.1. The van der Waals surface area contributed by atoms with Crippen LogP contribution in [0.15, 0.2) is 12.7 Å². The standard InChI is InChI=1S/C12H20N2O5/c1-2-3-6-18-8-5-13-11(17)14-12(10(15)16)4-7-19-9-12/h2H,1,3-9H2,(H,15,16)(H2,13,14,17). The number of carbonyl (C=O) groups is 2. The highest BCUT2D eigenvalue weighted by Gasteiger charge is 2.43. The molecule has 0 spiro atoms. The van der Waals surface area contributed by atoms with Gasteiger partial charge >= 0.3 is 12.0 Å². The van der Waals surface area contributed by atoms with Crippen LogP contribution < -0.4 is 10.6 Å². The molecule has 1 saturated heterocycles. The Kier molecular flexibility index (Phi) is 6.31. The maximum Gasteiger partial charge on any atom is 0.332 e. The molecule has 1 fully saturated rings. The highest BCUT2D eigenvalue weighted by atomic mass is 16.5. The number of nitrogens with one attached hydrogen (secondary N) is 2.